The van der Waals surface area contributed by atoms with E-state index in [1.54, 1.807) is 0 Å². The topological polar surface area (TPSA) is 20.2 Å². The van der Waals surface area contributed by atoms with E-state index in [4.69, 9.17) is 0 Å². The molecule has 1 N–H and O–H groups in total. The third-order valence-electron chi connectivity index (χ3n) is 1.94. The van der Waals surface area contributed by atoms with Crippen molar-refractivity contribution in [3.63, 3.8) is 0 Å². The molecule has 0 saturated carbocycles. The molecule has 0 aliphatic rings. The average molecular weight is 214 g/mol. The predicted octanol–water partition coefficient (Wildman–Crippen LogP) is 2.83. The minimum Gasteiger partial charge on any atom is -0.375 e. The van der Waals surface area contributed by atoms with Crippen molar-refractivity contribution in [1.29, 1.82) is 0 Å². The molecule has 2 heteroatoms. The minimum atomic E-state index is -0.676. The van der Waals surface area contributed by atoms with E-state index in [0.717, 1.165) is 10.4 Å². The Kier molecular flexibility index (Phi) is 3.18. The molecule has 0 aliphatic heterocycles. The molecule has 1 unspecified atom stereocenters. The van der Waals surface area contributed by atoms with Crippen molar-refractivity contribution in [2.45, 2.75) is 6.10 Å². The van der Waals surface area contributed by atoms with E-state index in [1.165, 1.54) is 11.3 Å². The summed E-state index contributed by atoms with van der Waals surface area (Å²) in [6.07, 6.45) is -0.676. The first-order valence-electron chi connectivity index (χ1n) is 4.64. The minimum absolute atomic E-state index is 0.676. The van der Waals surface area contributed by atoms with E-state index in [0.29, 0.717) is 0 Å². The number of aliphatic hydroxyl groups is 1. The summed E-state index contributed by atoms with van der Waals surface area (Å²) in [7, 11) is 0. The molecule has 0 bridgehead atoms. The van der Waals surface area contributed by atoms with Gasteiger partial charge in [-0.05, 0) is 23.6 Å². The highest BCUT2D eigenvalue weighted by atomic mass is 32.1. The summed E-state index contributed by atoms with van der Waals surface area (Å²) in [4.78, 5) is 0.887. The van der Waals surface area contributed by atoms with Crippen LogP contribution in [-0.2, 0) is 0 Å². The smallest absolute Gasteiger partial charge is 0.149 e. The summed E-state index contributed by atoms with van der Waals surface area (Å²) in [5, 5.41) is 11.6. The van der Waals surface area contributed by atoms with Crippen LogP contribution >= 0.6 is 11.3 Å². The molecular formula is C13H10OS. The first-order valence-corrected chi connectivity index (χ1v) is 5.52. The van der Waals surface area contributed by atoms with Crippen molar-refractivity contribution in [2.75, 3.05) is 0 Å². The highest BCUT2D eigenvalue weighted by molar-refractivity contribution is 7.10. The van der Waals surface area contributed by atoms with Crippen molar-refractivity contribution in [1.82, 2.24) is 0 Å². The van der Waals surface area contributed by atoms with Gasteiger partial charge in [-0.25, -0.2) is 0 Å². The van der Waals surface area contributed by atoms with Crippen molar-refractivity contribution < 1.29 is 5.11 Å². The van der Waals surface area contributed by atoms with Gasteiger partial charge in [-0.2, -0.15) is 0 Å². The molecule has 0 radical (unpaired) electrons. The number of rotatable bonds is 1. The average Bonchev–Trinajstić information content (AvgIpc) is 2.81. The van der Waals surface area contributed by atoms with Crippen LogP contribution in [0.2, 0.25) is 0 Å². The van der Waals surface area contributed by atoms with Gasteiger partial charge in [-0.1, -0.05) is 36.1 Å². The maximum Gasteiger partial charge on any atom is 0.149 e. The molecule has 1 aromatic carbocycles. The van der Waals surface area contributed by atoms with Crippen LogP contribution in [0.3, 0.4) is 0 Å². The van der Waals surface area contributed by atoms with Crippen LogP contribution in [0, 0.1) is 11.8 Å². The molecule has 1 heterocycles. The van der Waals surface area contributed by atoms with Crippen LogP contribution in [0.4, 0.5) is 0 Å². The summed E-state index contributed by atoms with van der Waals surface area (Å²) in [5.41, 5.74) is 0.924. The summed E-state index contributed by atoms with van der Waals surface area (Å²) in [6, 6.07) is 13.5. The molecule has 1 nitrogen and oxygen atoms in total. The van der Waals surface area contributed by atoms with Crippen molar-refractivity contribution in [3.8, 4) is 11.8 Å². The van der Waals surface area contributed by atoms with Crippen molar-refractivity contribution >= 4 is 11.3 Å². The third kappa shape index (κ3) is 2.69. The van der Waals surface area contributed by atoms with Gasteiger partial charge in [0.1, 0.15) is 6.10 Å². The first-order chi connectivity index (χ1) is 7.36. The van der Waals surface area contributed by atoms with Gasteiger partial charge in [-0.15, -0.1) is 11.3 Å². The Morgan fingerprint density at radius 3 is 2.53 bits per heavy atom. The molecule has 1 aromatic heterocycles. The zero-order chi connectivity index (χ0) is 10.5. The lowest BCUT2D eigenvalue weighted by atomic mass is 10.2. The SMILES string of the molecule is OC(C#Cc1ccccc1)c1cccs1. The summed E-state index contributed by atoms with van der Waals surface area (Å²) in [5.74, 6) is 5.76. The number of hydrogen-bond donors (Lipinski definition) is 1. The van der Waals surface area contributed by atoms with Crippen LogP contribution in [0.1, 0.15) is 16.5 Å². The van der Waals surface area contributed by atoms with Crippen LogP contribution in [0.25, 0.3) is 0 Å². The van der Waals surface area contributed by atoms with Gasteiger partial charge in [0, 0.05) is 10.4 Å². The maximum absolute atomic E-state index is 9.71. The zero-order valence-electron chi connectivity index (χ0n) is 8.05. The Morgan fingerprint density at radius 1 is 1.07 bits per heavy atom. The van der Waals surface area contributed by atoms with Gasteiger partial charge in [-0.3, -0.25) is 0 Å². The van der Waals surface area contributed by atoms with Gasteiger partial charge in [0.2, 0.25) is 0 Å². The van der Waals surface area contributed by atoms with Crippen LogP contribution in [-0.4, -0.2) is 5.11 Å². The van der Waals surface area contributed by atoms with E-state index in [1.807, 2.05) is 47.8 Å². The Hall–Kier alpha value is -1.56. The van der Waals surface area contributed by atoms with E-state index in [9.17, 15) is 5.11 Å². The van der Waals surface area contributed by atoms with Crippen LogP contribution < -0.4 is 0 Å². The highest BCUT2D eigenvalue weighted by Crippen LogP contribution is 2.17. The molecule has 2 rings (SSSR count). The lowest BCUT2D eigenvalue weighted by Crippen LogP contribution is -1.88. The second-order valence-electron chi connectivity index (χ2n) is 3.05. The van der Waals surface area contributed by atoms with Gasteiger partial charge in [0.15, 0.2) is 0 Å². The highest BCUT2D eigenvalue weighted by Gasteiger charge is 2.02. The number of benzene rings is 1. The van der Waals surface area contributed by atoms with Crippen LogP contribution in [0.5, 0.6) is 0 Å². The predicted molar refractivity (Wildman–Crippen MR) is 62.6 cm³/mol. The Labute approximate surface area is 93.0 Å². The summed E-state index contributed by atoms with van der Waals surface area (Å²) < 4.78 is 0. The van der Waals surface area contributed by atoms with Crippen molar-refractivity contribution in [2.24, 2.45) is 0 Å². The van der Waals surface area contributed by atoms with Gasteiger partial charge >= 0.3 is 0 Å². The molecular weight excluding hydrogens is 204 g/mol. The van der Waals surface area contributed by atoms with Crippen molar-refractivity contribution in [3.05, 3.63) is 58.3 Å². The zero-order valence-corrected chi connectivity index (χ0v) is 8.87. The Morgan fingerprint density at radius 2 is 1.87 bits per heavy atom. The fourth-order valence-corrected chi connectivity index (χ4v) is 1.85. The van der Waals surface area contributed by atoms with E-state index >= 15 is 0 Å². The molecule has 0 saturated heterocycles. The van der Waals surface area contributed by atoms with E-state index < -0.39 is 6.10 Å². The van der Waals surface area contributed by atoms with Gasteiger partial charge in [0.05, 0.1) is 0 Å². The second kappa shape index (κ2) is 4.79. The maximum atomic E-state index is 9.71. The molecule has 0 spiro atoms. The lowest BCUT2D eigenvalue weighted by Gasteiger charge is -1.97. The normalized spacial score (nSPS) is 11.5. The monoisotopic (exact) mass is 214 g/mol. The summed E-state index contributed by atoms with van der Waals surface area (Å²) in [6.45, 7) is 0. The number of hydrogen-bond acceptors (Lipinski definition) is 2. The quantitative estimate of drug-likeness (QED) is 0.724. The largest absolute Gasteiger partial charge is 0.375 e. The first kappa shape index (κ1) is 9.97. The van der Waals surface area contributed by atoms with Gasteiger partial charge in [0.25, 0.3) is 0 Å². The number of aliphatic hydroxyl groups excluding tert-OH is 1. The molecule has 74 valence electrons. The molecule has 0 aliphatic carbocycles. The standard InChI is InChI=1S/C13H10OS/c14-12(13-7-4-10-15-13)9-8-11-5-2-1-3-6-11/h1-7,10,12,14H. The molecule has 15 heavy (non-hydrogen) atoms. The molecule has 2 aromatic rings. The molecule has 0 fully saturated rings. The van der Waals surface area contributed by atoms with E-state index in [2.05, 4.69) is 11.8 Å². The lowest BCUT2D eigenvalue weighted by molar-refractivity contribution is 0.242. The third-order valence-corrected chi connectivity index (χ3v) is 2.86. The Bertz CT molecular complexity index is 462. The Balaban J connectivity index is 2.13. The van der Waals surface area contributed by atoms with Crippen LogP contribution in [0.15, 0.2) is 47.8 Å². The second-order valence-corrected chi connectivity index (χ2v) is 4.03. The fourth-order valence-electron chi connectivity index (χ4n) is 1.19. The molecule has 0 amide bonds. The fraction of sp³-hybridized carbons (Fsp3) is 0.0769. The summed E-state index contributed by atoms with van der Waals surface area (Å²) >= 11 is 1.51. The van der Waals surface area contributed by atoms with Gasteiger partial charge < -0.3 is 5.11 Å². The molecule has 1 atom stereocenters. The van der Waals surface area contributed by atoms with E-state index in [-0.39, 0.29) is 0 Å². The number of thiophene rings is 1.